The molecule has 0 amide bonds. The molecule has 9 heteroatoms. The average molecular weight is 245 g/mol. The van der Waals surface area contributed by atoms with E-state index in [1.54, 1.807) is 13.0 Å². The Morgan fingerprint density at radius 2 is 2.38 bits per heavy atom. The van der Waals surface area contributed by atoms with Crippen LogP contribution in [0.2, 0.25) is 0 Å². The van der Waals surface area contributed by atoms with Crippen molar-refractivity contribution in [3.8, 4) is 12.1 Å². The number of nitrogens with one attached hydrogen (secondary N) is 2. The van der Waals surface area contributed by atoms with Crippen LogP contribution in [0.5, 0.6) is 6.01 Å². The minimum atomic E-state index is -3.77. The fraction of sp³-hybridized carbons (Fsp3) is 0.571. The van der Waals surface area contributed by atoms with Crippen LogP contribution in [0.4, 0.5) is 5.95 Å². The van der Waals surface area contributed by atoms with E-state index in [0.29, 0.717) is 6.61 Å². The summed E-state index contributed by atoms with van der Waals surface area (Å²) < 4.78 is 29.9. The van der Waals surface area contributed by atoms with Crippen molar-refractivity contribution in [2.75, 3.05) is 11.3 Å². The van der Waals surface area contributed by atoms with Gasteiger partial charge in [-0.3, -0.25) is 4.72 Å². The number of aromatic nitrogens is 3. The van der Waals surface area contributed by atoms with E-state index in [0.717, 1.165) is 0 Å². The number of nitriles is 1. The van der Waals surface area contributed by atoms with Crippen LogP contribution in [-0.2, 0) is 10.0 Å². The Labute approximate surface area is 92.7 Å². The highest BCUT2D eigenvalue weighted by Crippen LogP contribution is 2.09. The topological polar surface area (TPSA) is 121 Å². The highest BCUT2D eigenvalue weighted by molar-refractivity contribution is 7.93. The summed E-state index contributed by atoms with van der Waals surface area (Å²) in [5.74, 6) is -0.0782. The van der Waals surface area contributed by atoms with Gasteiger partial charge in [-0.05, 0) is 13.8 Å². The first-order chi connectivity index (χ1) is 7.49. The number of nitrogens with zero attached hydrogens (tertiary/aromatic N) is 3. The van der Waals surface area contributed by atoms with E-state index < -0.39 is 15.3 Å². The van der Waals surface area contributed by atoms with Gasteiger partial charge in [0.15, 0.2) is 5.25 Å². The first-order valence-electron chi connectivity index (χ1n) is 4.46. The van der Waals surface area contributed by atoms with Crippen molar-refractivity contribution in [3.05, 3.63) is 0 Å². The summed E-state index contributed by atoms with van der Waals surface area (Å²) in [6.45, 7) is 3.39. The molecule has 0 aliphatic carbocycles. The fourth-order valence-electron chi connectivity index (χ4n) is 0.778. The second-order valence-corrected chi connectivity index (χ2v) is 4.82. The Morgan fingerprint density at radius 3 is 2.94 bits per heavy atom. The van der Waals surface area contributed by atoms with Gasteiger partial charge in [0.1, 0.15) is 0 Å². The van der Waals surface area contributed by atoms with E-state index in [-0.39, 0.29) is 12.0 Å². The summed E-state index contributed by atoms with van der Waals surface area (Å²) in [5, 5.41) is 13.3. The molecule has 0 aliphatic rings. The van der Waals surface area contributed by atoms with Crippen molar-refractivity contribution in [1.82, 2.24) is 15.2 Å². The van der Waals surface area contributed by atoms with E-state index in [1.807, 2.05) is 0 Å². The van der Waals surface area contributed by atoms with Crippen LogP contribution in [-0.4, -0.2) is 35.5 Å². The zero-order valence-corrected chi connectivity index (χ0v) is 9.58. The third-order valence-electron chi connectivity index (χ3n) is 1.62. The van der Waals surface area contributed by atoms with Gasteiger partial charge < -0.3 is 4.74 Å². The Hall–Kier alpha value is -1.82. The summed E-state index contributed by atoms with van der Waals surface area (Å²) >= 11 is 0. The molecule has 1 rings (SSSR count). The number of rotatable bonds is 5. The lowest BCUT2D eigenvalue weighted by atomic mass is 10.5. The number of anilines is 1. The van der Waals surface area contributed by atoms with Crippen LogP contribution in [0.15, 0.2) is 0 Å². The second kappa shape index (κ2) is 4.80. The standard InChI is InChI=1S/C7H11N5O3S/c1-3-15-7-9-6(10-11-7)12-16(13,14)5(2)4-8/h5H,3H2,1-2H3,(H2,9,10,11,12). The molecule has 0 spiro atoms. The van der Waals surface area contributed by atoms with Crippen LogP contribution in [0.25, 0.3) is 0 Å². The Balaban J connectivity index is 2.77. The van der Waals surface area contributed by atoms with Crippen molar-refractivity contribution in [3.63, 3.8) is 0 Å². The SMILES string of the molecule is CCOc1n[nH]c(NS(=O)(=O)C(C)C#N)n1. The first-order valence-corrected chi connectivity index (χ1v) is 6.00. The molecule has 88 valence electrons. The molecule has 0 fully saturated rings. The largest absolute Gasteiger partial charge is 0.463 e. The second-order valence-electron chi connectivity index (χ2n) is 2.82. The maximum atomic E-state index is 11.4. The molecule has 16 heavy (non-hydrogen) atoms. The number of hydrogen-bond acceptors (Lipinski definition) is 6. The highest BCUT2D eigenvalue weighted by atomic mass is 32.2. The van der Waals surface area contributed by atoms with Gasteiger partial charge in [-0.25, -0.2) is 13.5 Å². The molecule has 1 unspecified atom stereocenters. The average Bonchev–Trinajstić information content (AvgIpc) is 2.64. The third-order valence-corrected chi connectivity index (χ3v) is 3.14. The minimum Gasteiger partial charge on any atom is -0.463 e. The first kappa shape index (κ1) is 12.3. The predicted molar refractivity (Wildman–Crippen MR) is 55.2 cm³/mol. The molecule has 1 aromatic rings. The lowest BCUT2D eigenvalue weighted by Gasteiger charge is -2.04. The molecule has 1 aromatic heterocycles. The number of sulfonamides is 1. The van der Waals surface area contributed by atoms with Crippen molar-refractivity contribution < 1.29 is 13.2 Å². The monoisotopic (exact) mass is 245 g/mol. The minimum absolute atomic E-state index is 0.0461. The fourth-order valence-corrected chi connectivity index (χ4v) is 1.45. The zero-order chi connectivity index (χ0) is 12.2. The van der Waals surface area contributed by atoms with Gasteiger partial charge in [0.2, 0.25) is 5.95 Å². The molecule has 1 heterocycles. The Bertz CT molecular complexity index is 488. The summed E-state index contributed by atoms with van der Waals surface area (Å²) in [7, 11) is -3.77. The van der Waals surface area contributed by atoms with Gasteiger partial charge in [0, 0.05) is 0 Å². The smallest absolute Gasteiger partial charge is 0.337 e. The van der Waals surface area contributed by atoms with Crippen LogP contribution >= 0.6 is 0 Å². The summed E-state index contributed by atoms with van der Waals surface area (Å²) in [6, 6.07) is 1.66. The lowest BCUT2D eigenvalue weighted by molar-refractivity contribution is 0.314. The van der Waals surface area contributed by atoms with Crippen molar-refractivity contribution >= 4 is 16.0 Å². The van der Waals surface area contributed by atoms with Gasteiger partial charge in [0.25, 0.3) is 10.0 Å². The lowest BCUT2D eigenvalue weighted by Crippen LogP contribution is -2.24. The van der Waals surface area contributed by atoms with Crippen LogP contribution in [0.1, 0.15) is 13.8 Å². The zero-order valence-electron chi connectivity index (χ0n) is 8.76. The van der Waals surface area contributed by atoms with Gasteiger partial charge in [0.05, 0.1) is 12.7 Å². The van der Waals surface area contributed by atoms with E-state index in [4.69, 9.17) is 10.00 Å². The number of ether oxygens (including phenoxy) is 1. The van der Waals surface area contributed by atoms with Gasteiger partial charge in [-0.2, -0.15) is 10.2 Å². The van der Waals surface area contributed by atoms with E-state index in [9.17, 15) is 8.42 Å². The van der Waals surface area contributed by atoms with Gasteiger partial charge in [-0.1, -0.05) is 0 Å². The quantitative estimate of drug-likeness (QED) is 0.744. The molecule has 0 saturated carbocycles. The normalized spacial score (nSPS) is 12.8. The maximum absolute atomic E-state index is 11.4. The third kappa shape index (κ3) is 2.83. The van der Waals surface area contributed by atoms with Gasteiger partial charge >= 0.3 is 6.01 Å². The number of H-pyrrole nitrogens is 1. The van der Waals surface area contributed by atoms with E-state index in [1.165, 1.54) is 6.92 Å². The van der Waals surface area contributed by atoms with E-state index >= 15 is 0 Å². The molecule has 8 nitrogen and oxygen atoms in total. The van der Waals surface area contributed by atoms with Crippen molar-refractivity contribution in [2.45, 2.75) is 19.1 Å². The molecule has 0 aliphatic heterocycles. The number of aromatic amines is 1. The Morgan fingerprint density at radius 1 is 1.69 bits per heavy atom. The van der Waals surface area contributed by atoms with Gasteiger partial charge in [-0.15, -0.1) is 5.10 Å². The van der Waals surface area contributed by atoms with E-state index in [2.05, 4.69) is 19.9 Å². The molecular weight excluding hydrogens is 234 g/mol. The molecule has 1 atom stereocenters. The predicted octanol–water partition coefficient (Wildman–Crippen LogP) is -0.143. The molecule has 0 bridgehead atoms. The Kier molecular flexibility index (Phi) is 3.68. The maximum Gasteiger partial charge on any atom is 0.337 e. The van der Waals surface area contributed by atoms with Crippen LogP contribution in [0, 0.1) is 11.3 Å². The van der Waals surface area contributed by atoms with Crippen molar-refractivity contribution in [2.24, 2.45) is 0 Å². The van der Waals surface area contributed by atoms with Crippen LogP contribution < -0.4 is 9.46 Å². The van der Waals surface area contributed by atoms with Crippen molar-refractivity contribution in [1.29, 1.82) is 5.26 Å². The number of hydrogen-bond donors (Lipinski definition) is 2. The summed E-state index contributed by atoms with van der Waals surface area (Å²) in [6.07, 6.45) is 0. The molecular formula is C7H11N5O3S. The molecule has 0 saturated heterocycles. The molecule has 0 aromatic carbocycles. The highest BCUT2D eigenvalue weighted by Gasteiger charge is 2.21. The molecule has 0 radical (unpaired) electrons. The molecule has 2 N–H and O–H groups in total. The van der Waals surface area contributed by atoms with Crippen LogP contribution in [0.3, 0.4) is 0 Å². The summed E-state index contributed by atoms with van der Waals surface area (Å²) in [4.78, 5) is 3.71. The summed E-state index contributed by atoms with van der Waals surface area (Å²) in [5.41, 5.74) is 0.